The topological polar surface area (TPSA) is 79.1 Å². The van der Waals surface area contributed by atoms with E-state index in [1.165, 1.54) is 29.2 Å². The summed E-state index contributed by atoms with van der Waals surface area (Å²) in [6.45, 7) is 4.70. The lowest BCUT2D eigenvalue weighted by atomic mass is 9.97. The molecule has 0 saturated heterocycles. The van der Waals surface area contributed by atoms with Crippen molar-refractivity contribution >= 4 is 39.3 Å². The van der Waals surface area contributed by atoms with Crippen LogP contribution in [0, 0.1) is 0 Å². The molecule has 0 radical (unpaired) electrons. The van der Waals surface area contributed by atoms with Gasteiger partial charge in [-0.25, -0.2) is 9.79 Å². The second-order valence-corrected chi connectivity index (χ2v) is 9.22. The highest BCUT2D eigenvalue weighted by atomic mass is 79.9. The Labute approximate surface area is 208 Å². The van der Waals surface area contributed by atoms with Crippen LogP contribution in [0.25, 0.3) is 6.08 Å². The van der Waals surface area contributed by atoms with Crippen molar-refractivity contribution in [2.24, 2.45) is 4.99 Å². The van der Waals surface area contributed by atoms with Gasteiger partial charge in [0, 0.05) is 10.7 Å². The Bertz CT molecular complexity index is 1420. The minimum atomic E-state index is -0.717. The van der Waals surface area contributed by atoms with Crippen LogP contribution >= 0.6 is 27.3 Å². The molecule has 0 fully saturated rings. The Kier molecular flexibility index (Phi) is 7.33. The van der Waals surface area contributed by atoms with Crippen LogP contribution in [0.1, 0.15) is 31.0 Å². The van der Waals surface area contributed by atoms with E-state index in [0.717, 1.165) is 10.0 Å². The molecule has 0 bridgehead atoms. The van der Waals surface area contributed by atoms with Gasteiger partial charge >= 0.3 is 5.97 Å². The minimum Gasteiger partial charge on any atom is -0.490 e. The number of carbonyl (C=O) groups is 1. The van der Waals surface area contributed by atoms with Crippen molar-refractivity contribution in [1.29, 1.82) is 0 Å². The third-order valence-corrected chi connectivity index (χ3v) is 6.70. The van der Waals surface area contributed by atoms with Crippen LogP contribution in [0.15, 0.2) is 68.5 Å². The molecule has 3 aromatic rings. The quantitative estimate of drug-likeness (QED) is 0.426. The number of nitrogens with zero attached hydrogens (tertiary/aromatic N) is 2. The first-order chi connectivity index (χ1) is 16.5. The number of hydrogen-bond donors (Lipinski definition) is 0. The molecular formula is C25H23BrN2O5S. The van der Waals surface area contributed by atoms with Crippen LogP contribution in [0.5, 0.6) is 11.5 Å². The Balaban J connectivity index is 1.90. The monoisotopic (exact) mass is 542 g/mol. The Morgan fingerprint density at radius 3 is 2.50 bits per heavy atom. The molecule has 0 unspecified atom stereocenters. The fourth-order valence-electron chi connectivity index (χ4n) is 3.70. The highest BCUT2D eigenvalue weighted by Gasteiger charge is 2.31. The van der Waals surface area contributed by atoms with E-state index in [1.54, 1.807) is 12.1 Å². The number of fused-ring (bicyclic) bond motifs is 1. The van der Waals surface area contributed by atoms with Gasteiger partial charge in [0.25, 0.3) is 5.56 Å². The van der Waals surface area contributed by atoms with Gasteiger partial charge in [-0.2, -0.15) is 0 Å². The number of hydrogen-bond acceptors (Lipinski definition) is 7. The largest absolute Gasteiger partial charge is 0.490 e. The van der Waals surface area contributed by atoms with Crippen molar-refractivity contribution in [1.82, 2.24) is 4.57 Å². The lowest BCUT2D eigenvalue weighted by Crippen LogP contribution is -2.39. The van der Waals surface area contributed by atoms with Gasteiger partial charge in [-0.05, 0) is 55.3 Å². The number of methoxy groups -OCH3 is 1. The molecule has 1 aromatic heterocycles. The molecule has 7 nitrogen and oxygen atoms in total. The van der Waals surface area contributed by atoms with Gasteiger partial charge in [0.05, 0.1) is 36.5 Å². The van der Waals surface area contributed by atoms with Crippen LogP contribution in [0.2, 0.25) is 0 Å². The highest BCUT2D eigenvalue weighted by Crippen LogP contribution is 2.35. The smallest absolute Gasteiger partial charge is 0.337 e. The molecule has 2 aromatic carbocycles. The molecule has 34 heavy (non-hydrogen) atoms. The molecule has 176 valence electrons. The molecule has 1 atom stereocenters. The average molecular weight is 543 g/mol. The zero-order valence-corrected chi connectivity index (χ0v) is 21.3. The van der Waals surface area contributed by atoms with Crippen LogP contribution in [-0.4, -0.2) is 30.9 Å². The van der Waals surface area contributed by atoms with Gasteiger partial charge in [0.15, 0.2) is 16.3 Å². The van der Waals surface area contributed by atoms with Crippen molar-refractivity contribution in [2.45, 2.75) is 19.9 Å². The molecule has 1 aliphatic heterocycles. The highest BCUT2D eigenvalue weighted by molar-refractivity contribution is 9.10. The van der Waals surface area contributed by atoms with Gasteiger partial charge in [-0.1, -0.05) is 45.5 Å². The van der Waals surface area contributed by atoms with E-state index in [4.69, 9.17) is 14.2 Å². The van der Waals surface area contributed by atoms with Gasteiger partial charge in [0.2, 0.25) is 0 Å². The van der Waals surface area contributed by atoms with E-state index in [1.807, 2.05) is 50.3 Å². The summed E-state index contributed by atoms with van der Waals surface area (Å²) in [4.78, 5) is 31.1. The zero-order valence-electron chi connectivity index (χ0n) is 18.9. The first-order valence-corrected chi connectivity index (χ1v) is 12.3. The average Bonchev–Trinajstić information content (AvgIpc) is 3.16. The molecule has 0 N–H and O–H groups in total. The molecule has 0 spiro atoms. The third kappa shape index (κ3) is 4.71. The summed E-state index contributed by atoms with van der Waals surface area (Å²) >= 11 is 4.69. The molecule has 9 heteroatoms. The number of benzene rings is 2. The number of esters is 1. The first kappa shape index (κ1) is 24.0. The first-order valence-electron chi connectivity index (χ1n) is 10.7. The summed E-state index contributed by atoms with van der Waals surface area (Å²) < 4.78 is 19.5. The molecular weight excluding hydrogens is 520 g/mol. The zero-order chi connectivity index (χ0) is 24.2. The van der Waals surface area contributed by atoms with E-state index in [0.29, 0.717) is 39.6 Å². The maximum Gasteiger partial charge on any atom is 0.337 e. The van der Waals surface area contributed by atoms with Crippen LogP contribution < -0.4 is 24.4 Å². The van der Waals surface area contributed by atoms with E-state index in [2.05, 4.69) is 20.9 Å². The summed E-state index contributed by atoms with van der Waals surface area (Å²) in [5.41, 5.74) is 1.60. The Hall–Kier alpha value is -3.17. The lowest BCUT2D eigenvalue weighted by molar-refractivity contribution is -0.136. The molecule has 1 aliphatic rings. The Morgan fingerprint density at radius 2 is 1.82 bits per heavy atom. The predicted molar refractivity (Wildman–Crippen MR) is 134 cm³/mol. The predicted octanol–water partition coefficient (Wildman–Crippen LogP) is 3.58. The van der Waals surface area contributed by atoms with E-state index < -0.39 is 12.0 Å². The van der Waals surface area contributed by atoms with Gasteiger partial charge < -0.3 is 14.2 Å². The summed E-state index contributed by atoms with van der Waals surface area (Å²) in [6.07, 6.45) is 3.29. The van der Waals surface area contributed by atoms with E-state index in [9.17, 15) is 9.59 Å². The maximum atomic E-state index is 13.5. The fraction of sp³-hybridized carbons (Fsp3) is 0.240. The van der Waals surface area contributed by atoms with Gasteiger partial charge in [-0.15, -0.1) is 0 Å². The molecule has 0 saturated carbocycles. The molecule has 2 heterocycles. The fourth-order valence-corrected chi connectivity index (χ4v) is 4.93. The van der Waals surface area contributed by atoms with E-state index in [-0.39, 0.29) is 11.1 Å². The minimum absolute atomic E-state index is 0.238. The summed E-state index contributed by atoms with van der Waals surface area (Å²) in [5, 5.41) is 0. The number of thiazole rings is 1. The van der Waals surface area contributed by atoms with Crippen LogP contribution in [0.3, 0.4) is 0 Å². The van der Waals surface area contributed by atoms with Crippen molar-refractivity contribution in [3.63, 3.8) is 0 Å². The number of ether oxygens (including phenoxy) is 3. The molecule has 0 amide bonds. The second kappa shape index (κ2) is 10.4. The molecule has 4 rings (SSSR count). The number of halogens is 1. The maximum absolute atomic E-state index is 13.5. The van der Waals surface area contributed by atoms with Gasteiger partial charge in [0.1, 0.15) is 0 Å². The summed E-state index contributed by atoms with van der Waals surface area (Å²) in [7, 11) is 1.31. The third-order valence-electron chi connectivity index (χ3n) is 5.18. The number of rotatable bonds is 7. The van der Waals surface area contributed by atoms with Crippen molar-refractivity contribution in [3.8, 4) is 11.5 Å². The normalized spacial score (nSPS) is 15.2. The van der Waals surface area contributed by atoms with E-state index >= 15 is 0 Å². The van der Waals surface area contributed by atoms with Crippen molar-refractivity contribution in [3.05, 3.63) is 89.5 Å². The van der Waals surface area contributed by atoms with Gasteiger partial charge in [-0.3, -0.25) is 9.36 Å². The van der Waals surface area contributed by atoms with Crippen LogP contribution in [0.4, 0.5) is 0 Å². The summed E-state index contributed by atoms with van der Waals surface area (Å²) in [5.74, 6) is 0.585. The van der Waals surface area contributed by atoms with Crippen molar-refractivity contribution < 1.29 is 19.0 Å². The number of aromatic nitrogens is 1. The number of carbonyl (C=O) groups excluding carboxylic acids is 1. The molecule has 0 aliphatic carbocycles. The lowest BCUT2D eigenvalue weighted by Gasteiger charge is -2.23. The standard InChI is InChI=1S/C25H23BrN2O5S/c1-4-32-19-11-8-16(13-20(19)33-5-2)22-18(24(30)31-3)14-27-25-28(22)23(29)21(34-25)12-15-6-9-17(26)10-7-15/h6-14,22H,4-5H2,1-3H3/b21-12-/t22-/m0/s1. The van der Waals surface area contributed by atoms with Crippen LogP contribution in [-0.2, 0) is 9.53 Å². The van der Waals surface area contributed by atoms with Crippen molar-refractivity contribution in [2.75, 3.05) is 20.3 Å². The Morgan fingerprint density at radius 1 is 1.12 bits per heavy atom. The second-order valence-electron chi connectivity index (χ2n) is 7.30. The summed E-state index contributed by atoms with van der Waals surface area (Å²) in [6, 6.07) is 12.4. The SMILES string of the molecule is CCOc1ccc([C@H]2C(C(=O)OC)=CN=c3s/c(=C\c4ccc(Br)cc4)c(=O)n32)cc1OCC.